The number of carbonyl (C=O) groups excluding carboxylic acids is 1. The molecule has 0 aromatic heterocycles. The number of anilines is 3. The van der Waals surface area contributed by atoms with Crippen molar-refractivity contribution >= 4 is 33.0 Å². The van der Waals surface area contributed by atoms with Crippen LogP contribution in [0.25, 0.3) is 0 Å². The summed E-state index contributed by atoms with van der Waals surface area (Å²) in [6.07, 6.45) is 1.07. The lowest BCUT2D eigenvalue weighted by Gasteiger charge is -2.30. The number of nitrogens with one attached hydrogen (secondary N) is 1. The average Bonchev–Trinajstić information content (AvgIpc) is 2.79. The van der Waals surface area contributed by atoms with E-state index in [9.17, 15) is 13.2 Å². The molecule has 10 heteroatoms. The Morgan fingerprint density at radius 3 is 2.31 bits per heavy atom. The zero-order valence-corrected chi connectivity index (χ0v) is 18.9. The van der Waals surface area contributed by atoms with Crippen molar-refractivity contribution in [2.24, 2.45) is 0 Å². The number of sulfonamides is 1. The maximum absolute atomic E-state index is 12.9. The van der Waals surface area contributed by atoms with Crippen molar-refractivity contribution in [1.82, 2.24) is 0 Å². The number of nitrogens with zero attached hydrogens (tertiary/aromatic N) is 2. The number of carbonyl (C=O) groups is 1. The Labute approximate surface area is 187 Å². The quantitative estimate of drug-likeness (QED) is 0.704. The van der Waals surface area contributed by atoms with Crippen LogP contribution >= 0.6 is 0 Å². The summed E-state index contributed by atoms with van der Waals surface area (Å²) < 4.78 is 42.7. The van der Waals surface area contributed by atoms with Crippen LogP contribution in [0.15, 0.2) is 42.5 Å². The molecule has 172 valence electrons. The molecule has 2 aromatic carbocycles. The predicted molar refractivity (Wildman–Crippen MR) is 122 cm³/mol. The average molecular weight is 462 g/mol. The van der Waals surface area contributed by atoms with Crippen LogP contribution in [0.2, 0.25) is 0 Å². The number of ether oxygens (including phenoxy) is 3. The van der Waals surface area contributed by atoms with Crippen molar-refractivity contribution in [1.29, 1.82) is 0 Å². The summed E-state index contributed by atoms with van der Waals surface area (Å²) in [7, 11) is -3.74. The van der Waals surface area contributed by atoms with Crippen molar-refractivity contribution in [2.45, 2.75) is 13.0 Å². The van der Waals surface area contributed by atoms with E-state index in [1.165, 1.54) is 0 Å². The van der Waals surface area contributed by atoms with Gasteiger partial charge in [0.2, 0.25) is 15.9 Å². The molecular formula is C22H27N3O6S. The predicted octanol–water partition coefficient (Wildman–Crippen LogP) is 2.09. The Morgan fingerprint density at radius 1 is 1.00 bits per heavy atom. The maximum atomic E-state index is 12.9. The molecule has 2 heterocycles. The van der Waals surface area contributed by atoms with Gasteiger partial charge in [-0.1, -0.05) is 0 Å². The molecule has 1 atom stereocenters. The van der Waals surface area contributed by atoms with Gasteiger partial charge in [-0.25, -0.2) is 8.42 Å². The molecule has 1 N–H and O–H groups in total. The number of amides is 1. The molecule has 1 fully saturated rings. The van der Waals surface area contributed by atoms with E-state index in [1.54, 1.807) is 25.1 Å². The summed E-state index contributed by atoms with van der Waals surface area (Å²) >= 11 is 0. The maximum Gasteiger partial charge on any atom is 0.247 e. The van der Waals surface area contributed by atoms with Crippen LogP contribution < -0.4 is 24.0 Å². The highest BCUT2D eigenvalue weighted by Gasteiger charge is 2.30. The van der Waals surface area contributed by atoms with Crippen LogP contribution in [-0.4, -0.2) is 66.1 Å². The minimum Gasteiger partial charge on any atom is -0.486 e. The highest BCUT2D eigenvalue weighted by molar-refractivity contribution is 7.92. The van der Waals surface area contributed by atoms with E-state index in [0.29, 0.717) is 49.3 Å². The molecule has 0 spiro atoms. The van der Waals surface area contributed by atoms with Crippen molar-refractivity contribution < 1.29 is 27.4 Å². The smallest absolute Gasteiger partial charge is 0.247 e. The molecule has 2 aromatic rings. The van der Waals surface area contributed by atoms with Gasteiger partial charge >= 0.3 is 0 Å². The number of hydrogen-bond donors (Lipinski definition) is 1. The van der Waals surface area contributed by atoms with E-state index in [4.69, 9.17) is 14.2 Å². The molecule has 4 rings (SSSR count). The summed E-state index contributed by atoms with van der Waals surface area (Å²) in [4.78, 5) is 15.2. The lowest BCUT2D eigenvalue weighted by molar-refractivity contribution is -0.116. The van der Waals surface area contributed by atoms with Crippen LogP contribution in [0.1, 0.15) is 6.92 Å². The molecule has 0 radical (unpaired) electrons. The number of rotatable bonds is 6. The summed E-state index contributed by atoms with van der Waals surface area (Å²) in [5.74, 6) is 0.559. The fourth-order valence-electron chi connectivity index (χ4n) is 3.80. The van der Waals surface area contributed by atoms with Crippen LogP contribution in [0.5, 0.6) is 11.5 Å². The third-order valence-corrected chi connectivity index (χ3v) is 6.62. The van der Waals surface area contributed by atoms with E-state index in [-0.39, 0.29) is 0 Å². The monoisotopic (exact) mass is 461 g/mol. The Balaban J connectivity index is 1.50. The molecule has 2 aliphatic rings. The minimum absolute atomic E-state index is 0.335. The Morgan fingerprint density at radius 2 is 1.66 bits per heavy atom. The number of benzene rings is 2. The Kier molecular flexibility index (Phi) is 6.43. The van der Waals surface area contributed by atoms with E-state index in [2.05, 4.69) is 10.2 Å². The molecule has 0 saturated carbocycles. The normalized spacial score (nSPS) is 16.9. The fourth-order valence-corrected chi connectivity index (χ4v) is 4.97. The molecule has 1 saturated heterocycles. The first-order valence-electron chi connectivity index (χ1n) is 10.5. The minimum atomic E-state index is -3.74. The van der Waals surface area contributed by atoms with Crippen molar-refractivity contribution in [3.05, 3.63) is 42.5 Å². The second-order valence-electron chi connectivity index (χ2n) is 7.70. The van der Waals surface area contributed by atoms with Crippen LogP contribution in [0, 0.1) is 0 Å². The van der Waals surface area contributed by atoms with Crippen LogP contribution in [0.3, 0.4) is 0 Å². The molecule has 9 nitrogen and oxygen atoms in total. The lowest BCUT2D eigenvalue weighted by atomic mass is 10.2. The highest BCUT2D eigenvalue weighted by Crippen LogP contribution is 2.35. The molecule has 0 bridgehead atoms. The van der Waals surface area contributed by atoms with E-state index < -0.39 is 22.0 Å². The number of fused-ring (bicyclic) bond motifs is 1. The topological polar surface area (TPSA) is 97.4 Å². The first-order valence-corrected chi connectivity index (χ1v) is 12.3. The van der Waals surface area contributed by atoms with Gasteiger partial charge in [-0.05, 0) is 43.3 Å². The first kappa shape index (κ1) is 22.2. The van der Waals surface area contributed by atoms with Crippen LogP contribution in [-0.2, 0) is 19.6 Å². The van der Waals surface area contributed by atoms with Gasteiger partial charge < -0.3 is 24.4 Å². The van der Waals surface area contributed by atoms with Gasteiger partial charge in [-0.3, -0.25) is 9.10 Å². The second-order valence-corrected chi connectivity index (χ2v) is 9.56. The van der Waals surface area contributed by atoms with E-state index in [1.807, 2.05) is 24.3 Å². The van der Waals surface area contributed by atoms with Crippen molar-refractivity contribution in [3.63, 3.8) is 0 Å². The Bertz CT molecular complexity index is 1070. The molecular weight excluding hydrogens is 434 g/mol. The third kappa shape index (κ3) is 4.91. The van der Waals surface area contributed by atoms with Gasteiger partial charge in [0.05, 0.1) is 25.2 Å². The van der Waals surface area contributed by atoms with Gasteiger partial charge in [-0.2, -0.15) is 0 Å². The second kappa shape index (κ2) is 9.25. The third-order valence-electron chi connectivity index (χ3n) is 5.38. The zero-order valence-electron chi connectivity index (χ0n) is 18.1. The summed E-state index contributed by atoms with van der Waals surface area (Å²) in [5.41, 5.74) is 1.98. The molecule has 0 unspecified atom stereocenters. The molecule has 1 amide bonds. The van der Waals surface area contributed by atoms with E-state index >= 15 is 0 Å². The summed E-state index contributed by atoms with van der Waals surface area (Å²) in [6, 6.07) is 11.3. The molecule has 32 heavy (non-hydrogen) atoms. The van der Waals surface area contributed by atoms with Gasteiger partial charge in [-0.15, -0.1) is 0 Å². The zero-order chi connectivity index (χ0) is 22.7. The van der Waals surface area contributed by atoms with E-state index in [0.717, 1.165) is 29.3 Å². The van der Waals surface area contributed by atoms with Crippen molar-refractivity contribution in [2.75, 3.05) is 60.3 Å². The first-order chi connectivity index (χ1) is 15.3. The number of morpholine rings is 1. The summed E-state index contributed by atoms with van der Waals surface area (Å²) in [5, 5.41) is 2.81. The fraction of sp³-hybridized carbons (Fsp3) is 0.409. The SMILES string of the molecule is C[C@@H](C(=O)Nc1ccc(N2CCOCC2)cc1)N(c1ccc2c(c1)OCCO2)S(C)(=O)=O. The highest BCUT2D eigenvalue weighted by atomic mass is 32.2. The largest absolute Gasteiger partial charge is 0.486 e. The Hall–Kier alpha value is -2.98. The van der Waals surface area contributed by atoms with Crippen LogP contribution in [0.4, 0.5) is 17.1 Å². The number of hydrogen-bond acceptors (Lipinski definition) is 7. The van der Waals surface area contributed by atoms with Crippen molar-refractivity contribution in [3.8, 4) is 11.5 Å². The standard InChI is InChI=1S/C22H27N3O6S/c1-16(22(26)23-17-3-5-18(6-4-17)24-9-11-29-12-10-24)25(32(2,27)28)19-7-8-20-21(15-19)31-14-13-30-20/h3-8,15-16H,9-14H2,1-2H3,(H,23,26)/t16-/m0/s1. The van der Waals surface area contributed by atoms with Gasteiger partial charge in [0, 0.05) is 30.5 Å². The van der Waals surface area contributed by atoms with Gasteiger partial charge in [0.15, 0.2) is 11.5 Å². The van der Waals surface area contributed by atoms with Gasteiger partial charge in [0.25, 0.3) is 0 Å². The molecule has 0 aliphatic carbocycles. The lowest BCUT2D eigenvalue weighted by Crippen LogP contribution is -2.45. The van der Waals surface area contributed by atoms with Gasteiger partial charge in [0.1, 0.15) is 19.3 Å². The molecule has 2 aliphatic heterocycles. The summed E-state index contributed by atoms with van der Waals surface area (Å²) in [6.45, 7) is 5.39.